The summed E-state index contributed by atoms with van der Waals surface area (Å²) in [6, 6.07) is 5.55. The Morgan fingerprint density at radius 1 is 1.40 bits per heavy atom. The number of nitro benzene ring substituents is 1. The van der Waals surface area contributed by atoms with Gasteiger partial charge in [-0.15, -0.1) is 0 Å². The molecule has 0 radical (unpaired) electrons. The predicted molar refractivity (Wildman–Crippen MR) is 82.7 cm³/mol. The Bertz CT molecular complexity index is 573. The van der Waals surface area contributed by atoms with Gasteiger partial charge in [-0.05, 0) is 65.6 Å². The fourth-order valence-corrected chi connectivity index (χ4v) is 3.90. The van der Waals surface area contributed by atoms with Crippen LogP contribution in [0.2, 0.25) is 0 Å². The minimum atomic E-state index is -0.361. The first-order valence-corrected chi connectivity index (χ1v) is 7.72. The van der Waals surface area contributed by atoms with Crippen molar-refractivity contribution in [3.63, 3.8) is 0 Å². The van der Waals surface area contributed by atoms with Crippen LogP contribution in [0.3, 0.4) is 0 Å². The topological polar surface area (TPSA) is 55.2 Å². The Morgan fingerprint density at radius 2 is 2.20 bits per heavy atom. The van der Waals surface area contributed by atoms with Gasteiger partial charge in [0, 0.05) is 17.8 Å². The number of nitrogens with one attached hydrogen (secondary N) is 1. The average Bonchev–Trinajstić information content (AvgIpc) is 3.03. The van der Waals surface area contributed by atoms with Crippen LogP contribution < -0.4 is 5.32 Å². The van der Waals surface area contributed by atoms with E-state index in [0.717, 1.165) is 11.6 Å². The van der Waals surface area contributed by atoms with Gasteiger partial charge >= 0.3 is 0 Å². The Balaban J connectivity index is 1.73. The SMILES string of the molecule is CC(Nc1ccc(Br)c([N+](=O)[O-])c1)C1CC2C=CC1C2. The third-order valence-electron chi connectivity index (χ3n) is 4.51. The van der Waals surface area contributed by atoms with Crippen LogP contribution in [0.15, 0.2) is 34.8 Å². The highest BCUT2D eigenvalue weighted by Crippen LogP contribution is 2.45. The molecule has 2 bridgehead atoms. The van der Waals surface area contributed by atoms with E-state index in [0.29, 0.717) is 22.4 Å². The van der Waals surface area contributed by atoms with E-state index in [9.17, 15) is 10.1 Å². The Kier molecular flexibility index (Phi) is 3.54. The van der Waals surface area contributed by atoms with Gasteiger partial charge < -0.3 is 5.32 Å². The van der Waals surface area contributed by atoms with Crippen LogP contribution in [-0.2, 0) is 0 Å². The van der Waals surface area contributed by atoms with Crippen molar-refractivity contribution in [1.29, 1.82) is 0 Å². The van der Waals surface area contributed by atoms with Crippen LogP contribution in [0.4, 0.5) is 11.4 Å². The molecule has 0 spiro atoms. The molecule has 0 amide bonds. The van der Waals surface area contributed by atoms with E-state index in [2.05, 4.69) is 40.3 Å². The van der Waals surface area contributed by atoms with Crippen molar-refractivity contribution in [2.45, 2.75) is 25.8 Å². The number of fused-ring (bicyclic) bond motifs is 2. The van der Waals surface area contributed by atoms with Crippen LogP contribution in [0.5, 0.6) is 0 Å². The summed E-state index contributed by atoms with van der Waals surface area (Å²) in [5.41, 5.74) is 0.925. The second kappa shape index (κ2) is 5.20. The molecule has 3 rings (SSSR count). The zero-order valence-electron chi connectivity index (χ0n) is 11.3. The Hall–Kier alpha value is -1.36. The first kappa shape index (κ1) is 13.6. The molecular formula is C15H17BrN2O2. The third kappa shape index (κ3) is 2.46. The van der Waals surface area contributed by atoms with Crippen molar-refractivity contribution < 1.29 is 4.92 Å². The van der Waals surface area contributed by atoms with Gasteiger partial charge in [-0.3, -0.25) is 10.1 Å². The summed E-state index contributed by atoms with van der Waals surface area (Å²) in [4.78, 5) is 10.6. The second-order valence-electron chi connectivity index (χ2n) is 5.80. The Labute approximate surface area is 126 Å². The molecule has 0 heterocycles. The fraction of sp³-hybridized carbons (Fsp3) is 0.467. The standard InChI is InChI=1S/C15H17BrN2O2/c1-9(13-7-10-2-3-11(13)6-10)17-12-4-5-14(16)15(8-12)18(19)20/h2-5,8-11,13,17H,6-7H2,1H3. The number of anilines is 1. The third-order valence-corrected chi connectivity index (χ3v) is 5.18. The lowest BCUT2D eigenvalue weighted by molar-refractivity contribution is -0.385. The van der Waals surface area contributed by atoms with Crippen LogP contribution in [0.1, 0.15) is 19.8 Å². The molecule has 1 aromatic rings. The van der Waals surface area contributed by atoms with Gasteiger partial charge in [-0.2, -0.15) is 0 Å². The number of nitro groups is 1. The highest BCUT2D eigenvalue weighted by molar-refractivity contribution is 9.10. The van der Waals surface area contributed by atoms with E-state index < -0.39 is 0 Å². The van der Waals surface area contributed by atoms with Gasteiger partial charge in [-0.1, -0.05) is 12.2 Å². The molecule has 4 atom stereocenters. The van der Waals surface area contributed by atoms with E-state index in [1.807, 2.05) is 6.07 Å². The summed E-state index contributed by atoms with van der Waals surface area (Å²) in [5, 5.41) is 14.4. The molecule has 1 saturated carbocycles. The van der Waals surface area contributed by atoms with E-state index in [1.54, 1.807) is 12.1 Å². The fourth-order valence-electron chi connectivity index (χ4n) is 3.51. The van der Waals surface area contributed by atoms with Gasteiger partial charge in [0.25, 0.3) is 5.69 Å². The maximum absolute atomic E-state index is 11.0. The first-order valence-electron chi connectivity index (χ1n) is 6.93. The Morgan fingerprint density at radius 3 is 2.80 bits per heavy atom. The number of hydrogen-bond acceptors (Lipinski definition) is 3. The number of halogens is 1. The number of benzene rings is 1. The van der Waals surface area contributed by atoms with Crippen molar-refractivity contribution in [2.75, 3.05) is 5.32 Å². The summed E-state index contributed by atoms with van der Waals surface area (Å²) in [7, 11) is 0. The monoisotopic (exact) mass is 336 g/mol. The minimum Gasteiger partial charge on any atom is -0.382 e. The molecule has 0 aromatic heterocycles. The number of hydrogen-bond donors (Lipinski definition) is 1. The molecule has 0 saturated heterocycles. The van der Waals surface area contributed by atoms with E-state index in [4.69, 9.17) is 0 Å². The van der Waals surface area contributed by atoms with E-state index in [-0.39, 0.29) is 10.6 Å². The van der Waals surface area contributed by atoms with Crippen LogP contribution in [0, 0.1) is 27.9 Å². The number of nitrogens with zero attached hydrogens (tertiary/aromatic N) is 1. The molecule has 4 nitrogen and oxygen atoms in total. The molecule has 1 N–H and O–H groups in total. The summed E-state index contributed by atoms with van der Waals surface area (Å²) in [6.07, 6.45) is 7.17. The van der Waals surface area contributed by atoms with Crippen molar-refractivity contribution in [3.8, 4) is 0 Å². The predicted octanol–water partition coefficient (Wildman–Crippen LogP) is 4.37. The highest BCUT2D eigenvalue weighted by atomic mass is 79.9. The van der Waals surface area contributed by atoms with Crippen molar-refractivity contribution in [2.24, 2.45) is 17.8 Å². The van der Waals surface area contributed by atoms with Crippen molar-refractivity contribution in [3.05, 3.63) is 44.9 Å². The lowest BCUT2D eigenvalue weighted by Crippen LogP contribution is -2.28. The number of allylic oxidation sites excluding steroid dienone is 2. The molecular weight excluding hydrogens is 320 g/mol. The van der Waals surface area contributed by atoms with Crippen LogP contribution in [-0.4, -0.2) is 11.0 Å². The largest absolute Gasteiger partial charge is 0.382 e. The molecule has 106 valence electrons. The van der Waals surface area contributed by atoms with Crippen molar-refractivity contribution >= 4 is 27.3 Å². The molecule has 4 unspecified atom stereocenters. The molecule has 0 aliphatic heterocycles. The van der Waals surface area contributed by atoms with E-state index in [1.165, 1.54) is 12.8 Å². The highest BCUT2D eigenvalue weighted by Gasteiger charge is 2.38. The van der Waals surface area contributed by atoms with Gasteiger partial charge in [0.1, 0.15) is 0 Å². The second-order valence-corrected chi connectivity index (χ2v) is 6.65. The molecule has 1 aromatic carbocycles. The van der Waals surface area contributed by atoms with Gasteiger partial charge in [0.2, 0.25) is 0 Å². The van der Waals surface area contributed by atoms with Crippen molar-refractivity contribution in [1.82, 2.24) is 0 Å². The maximum Gasteiger partial charge on any atom is 0.285 e. The average molecular weight is 337 g/mol. The van der Waals surface area contributed by atoms with Crippen LogP contribution in [0.25, 0.3) is 0 Å². The van der Waals surface area contributed by atoms with Gasteiger partial charge in [0.05, 0.1) is 9.40 Å². The van der Waals surface area contributed by atoms with Gasteiger partial charge in [-0.25, -0.2) is 0 Å². The lowest BCUT2D eigenvalue weighted by atomic mass is 9.87. The zero-order valence-corrected chi connectivity index (χ0v) is 12.8. The summed E-state index contributed by atoms with van der Waals surface area (Å²) < 4.78 is 0.517. The molecule has 20 heavy (non-hydrogen) atoms. The van der Waals surface area contributed by atoms with E-state index >= 15 is 0 Å². The lowest BCUT2D eigenvalue weighted by Gasteiger charge is -2.27. The first-order chi connectivity index (χ1) is 9.54. The normalized spacial score (nSPS) is 28.6. The molecule has 5 heteroatoms. The van der Waals surface area contributed by atoms with Gasteiger partial charge in [0.15, 0.2) is 0 Å². The number of rotatable bonds is 4. The zero-order chi connectivity index (χ0) is 14.3. The quantitative estimate of drug-likeness (QED) is 0.504. The molecule has 2 aliphatic carbocycles. The van der Waals surface area contributed by atoms with Crippen LogP contribution >= 0.6 is 15.9 Å². The molecule has 1 fully saturated rings. The smallest absolute Gasteiger partial charge is 0.285 e. The minimum absolute atomic E-state index is 0.107. The maximum atomic E-state index is 11.0. The summed E-state index contributed by atoms with van der Waals surface area (Å²) in [6.45, 7) is 2.17. The molecule has 2 aliphatic rings. The summed E-state index contributed by atoms with van der Waals surface area (Å²) >= 11 is 3.21. The summed E-state index contributed by atoms with van der Waals surface area (Å²) in [5.74, 6) is 2.05.